The Hall–Kier alpha value is -3.55. The number of ether oxygens (including phenoxy) is 1. The number of primary amides is 1. The lowest BCUT2D eigenvalue weighted by atomic mass is 10.1. The molecule has 2 aromatic carbocycles. The first kappa shape index (κ1) is 23.7. The van der Waals surface area contributed by atoms with Crippen molar-refractivity contribution in [1.29, 1.82) is 0 Å². The van der Waals surface area contributed by atoms with E-state index in [0.717, 1.165) is 35.8 Å². The number of rotatable bonds is 10. The highest BCUT2D eigenvalue weighted by Crippen LogP contribution is 2.19. The van der Waals surface area contributed by atoms with Crippen LogP contribution in [0.5, 0.6) is 5.75 Å². The minimum atomic E-state index is -0.580. The monoisotopic (exact) mass is 425 g/mol. The van der Waals surface area contributed by atoms with Gasteiger partial charge in [0.05, 0.1) is 20.2 Å². The molecule has 0 radical (unpaired) electrons. The molecule has 0 aliphatic carbocycles. The zero-order valence-corrected chi connectivity index (χ0v) is 18.3. The smallest absolute Gasteiger partial charge is 0.251 e. The molecule has 8 heteroatoms. The van der Waals surface area contributed by atoms with Gasteiger partial charge in [-0.1, -0.05) is 29.8 Å². The minimum Gasteiger partial charge on any atom is -0.496 e. The number of nitrogens with one attached hydrogen (secondary N) is 3. The van der Waals surface area contributed by atoms with Crippen LogP contribution in [0.3, 0.4) is 0 Å². The predicted octanol–water partition coefficient (Wildman–Crippen LogP) is 1.52. The van der Waals surface area contributed by atoms with Crippen LogP contribution in [-0.4, -0.2) is 44.5 Å². The molecule has 8 nitrogen and oxygen atoms in total. The largest absolute Gasteiger partial charge is 0.496 e. The van der Waals surface area contributed by atoms with E-state index >= 15 is 0 Å². The van der Waals surface area contributed by atoms with E-state index in [1.54, 1.807) is 19.2 Å². The van der Waals surface area contributed by atoms with Crippen molar-refractivity contribution < 1.29 is 14.3 Å². The van der Waals surface area contributed by atoms with Crippen LogP contribution in [0.2, 0.25) is 0 Å². The molecule has 5 N–H and O–H groups in total. The number of aryl methyl sites for hydroxylation is 1. The van der Waals surface area contributed by atoms with E-state index in [1.807, 2.05) is 31.2 Å². The Morgan fingerprint density at radius 3 is 2.45 bits per heavy atom. The van der Waals surface area contributed by atoms with Gasteiger partial charge in [-0.05, 0) is 49.6 Å². The fourth-order valence-electron chi connectivity index (χ4n) is 2.96. The van der Waals surface area contributed by atoms with E-state index in [2.05, 4.69) is 33.9 Å². The molecule has 0 bridgehead atoms. The molecule has 0 atom stereocenters. The van der Waals surface area contributed by atoms with Crippen molar-refractivity contribution in [3.05, 3.63) is 64.7 Å². The summed E-state index contributed by atoms with van der Waals surface area (Å²) >= 11 is 0. The molecule has 2 rings (SSSR count). The van der Waals surface area contributed by atoms with E-state index in [-0.39, 0.29) is 12.5 Å². The molecule has 2 aromatic rings. The zero-order chi connectivity index (χ0) is 22.6. The lowest BCUT2D eigenvalue weighted by molar-refractivity contribution is -0.117. The van der Waals surface area contributed by atoms with Gasteiger partial charge >= 0.3 is 0 Å². The lowest BCUT2D eigenvalue weighted by Crippen LogP contribution is -2.38. The van der Waals surface area contributed by atoms with Gasteiger partial charge in [-0.15, -0.1) is 0 Å². The van der Waals surface area contributed by atoms with Gasteiger partial charge in [-0.2, -0.15) is 0 Å². The molecular formula is C23H31N5O3. The number of carbonyl (C=O) groups is 2. The molecule has 2 amide bonds. The summed E-state index contributed by atoms with van der Waals surface area (Å²) in [6, 6.07) is 13.2. The fourth-order valence-corrected chi connectivity index (χ4v) is 2.96. The molecule has 0 aliphatic heterocycles. The molecule has 0 saturated heterocycles. The Kier molecular flexibility index (Phi) is 9.35. The summed E-state index contributed by atoms with van der Waals surface area (Å²) in [5.74, 6) is 0.686. The van der Waals surface area contributed by atoms with E-state index in [0.29, 0.717) is 18.7 Å². The van der Waals surface area contributed by atoms with Crippen LogP contribution < -0.4 is 26.4 Å². The summed E-state index contributed by atoms with van der Waals surface area (Å²) < 4.78 is 5.44. The quantitative estimate of drug-likeness (QED) is 0.340. The summed E-state index contributed by atoms with van der Waals surface area (Å²) in [6.45, 7) is 5.82. The summed E-state index contributed by atoms with van der Waals surface area (Å²) in [5, 5.41) is 9.04. The van der Waals surface area contributed by atoms with Crippen LogP contribution in [0, 0.1) is 6.92 Å². The van der Waals surface area contributed by atoms with Gasteiger partial charge < -0.3 is 26.4 Å². The second kappa shape index (κ2) is 12.2. The highest BCUT2D eigenvalue weighted by molar-refractivity contribution is 5.96. The van der Waals surface area contributed by atoms with Crippen molar-refractivity contribution in [3.63, 3.8) is 0 Å². The Morgan fingerprint density at radius 2 is 1.81 bits per heavy atom. The van der Waals surface area contributed by atoms with Gasteiger partial charge in [0.25, 0.3) is 5.91 Å². The standard InChI is InChI=1S/C23H31N5O3/c1-4-25-23(26-12-11-19-13-16(2)5-10-20(19)31-3)28-14-17-6-8-18(9-7-17)22(30)27-15-21(24)29/h5-10,13H,4,11-12,14-15H2,1-3H3,(H2,24,29)(H,27,30)(H2,25,26,28). The number of nitrogens with two attached hydrogens (primary N) is 1. The van der Waals surface area contributed by atoms with E-state index in [4.69, 9.17) is 10.5 Å². The molecule has 0 unspecified atom stereocenters. The Bertz CT molecular complexity index is 910. The second-order valence-corrected chi connectivity index (χ2v) is 7.03. The number of amides is 2. The van der Waals surface area contributed by atoms with Crippen LogP contribution in [0.4, 0.5) is 0 Å². The molecule has 0 aliphatic rings. The van der Waals surface area contributed by atoms with Gasteiger partial charge in [0, 0.05) is 18.7 Å². The van der Waals surface area contributed by atoms with Crippen LogP contribution in [0.25, 0.3) is 0 Å². The highest BCUT2D eigenvalue weighted by atomic mass is 16.5. The second-order valence-electron chi connectivity index (χ2n) is 7.03. The van der Waals surface area contributed by atoms with Crippen molar-refractivity contribution in [2.75, 3.05) is 26.7 Å². The van der Waals surface area contributed by atoms with Crippen molar-refractivity contribution >= 4 is 17.8 Å². The molecule has 166 valence electrons. The van der Waals surface area contributed by atoms with Crippen molar-refractivity contribution in [3.8, 4) is 5.75 Å². The number of nitrogens with zero attached hydrogens (tertiary/aromatic N) is 1. The number of methoxy groups -OCH3 is 1. The van der Waals surface area contributed by atoms with Crippen molar-refractivity contribution in [2.24, 2.45) is 10.7 Å². The van der Waals surface area contributed by atoms with Crippen LogP contribution in [0.15, 0.2) is 47.5 Å². The van der Waals surface area contributed by atoms with Gasteiger partial charge in [0.1, 0.15) is 5.75 Å². The lowest BCUT2D eigenvalue weighted by Gasteiger charge is -2.13. The third-order valence-corrected chi connectivity index (χ3v) is 4.53. The molecule has 0 saturated carbocycles. The fraction of sp³-hybridized carbons (Fsp3) is 0.348. The predicted molar refractivity (Wildman–Crippen MR) is 122 cm³/mol. The van der Waals surface area contributed by atoms with E-state index in [1.165, 1.54) is 5.56 Å². The third-order valence-electron chi connectivity index (χ3n) is 4.53. The number of hydrogen-bond donors (Lipinski definition) is 4. The number of hydrogen-bond acceptors (Lipinski definition) is 4. The Balaban J connectivity index is 1.93. The van der Waals surface area contributed by atoms with Crippen LogP contribution >= 0.6 is 0 Å². The zero-order valence-electron chi connectivity index (χ0n) is 18.3. The number of carbonyl (C=O) groups excluding carboxylic acids is 2. The van der Waals surface area contributed by atoms with Gasteiger partial charge in [-0.3, -0.25) is 9.59 Å². The number of benzene rings is 2. The summed E-state index contributed by atoms with van der Waals surface area (Å²) in [7, 11) is 1.68. The molecule has 0 aromatic heterocycles. The maximum absolute atomic E-state index is 11.9. The average Bonchev–Trinajstić information content (AvgIpc) is 2.76. The SMILES string of the molecule is CCNC(=NCc1ccc(C(=O)NCC(N)=O)cc1)NCCc1cc(C)ccc1OC. The van der Waals surface area contributed by atoms with Gasteiger partial charge in [-0.25, -0.2) is 4.99 Å². The highest BCUT2D eigenvalue weighted by Gasteiger charge is 2.07. The first-order valence-corrected chi connectivity index (χ1v) is 10.2. The first-order valence-electron chi connectivity index (χ1n) is 10.2. The van der Waals surface area contributed by atoms with Crippen LogP contribution in [-0.2, 0) is 17.8 Å². The van der Waals surface area contributed by atoms with Crippen molar-refractivity contribution in [2.45, 2.75) is 26.8 Å². The third kappa shape index (κ3) is 8.00. The average molecular weight is 426 g/mol. The molecule has 31 heavy (non-hydrogen) atoms. The molecule has 0 fully saturated rings. The summed E-state index contributed by atoms with van der Waals surface area (Å²) in [5.41, 5.74) is 8.81. The van der Waals surface area contributed by atoms with Crippen LogP contribution in [0.1, 0.15) is 34.0 Å². The molecule has 0 spiro atoms. The van der Waals surface area contributed by atoms with Crippen molar-refractivity contribution in [1.82, 2.24) is 16.0 Å². The normalized spacial score (nSPS) is 11.0. The minimum absolute atomic E-state index is 0.184. The first-order chi connectivity index (χ1) is 14.9. The van der Waals surface area contributed by atoms with Gasteiger partial charge in [0.2, 0.25) is 5.91 Å². The summed E-state index contributed by atoms with van der Waals surface area (Å²) in [4.78, 5) is 27.3. The number of aliphatic imine (C=N–C) groups is 1. The summed E-state index contributed by atoms with van der Waals surface area (Å²) in [6.07, 6.45) is 0.810. The Morgan fingerprint density at radius 1 is 1.06 bits per heavy atom. The maximum atomic E-state index is 11.9. The molecule has 0 heterocycles. The topological polar surface area (TPSA) is 118 Å². The Labute approximate surface area is 183 Å². The number of guanidine groups is 1. The van der Waals surface area contributed by atoms with Gasteiger partial charge in [0.15, 0.2) is 5.96 Å². The molecular weight excluding hydrogens is 394 g/mol. The van der Waals surface area contributed by atoms with E-state index in [9.17, 15) is 9.59 Å². The van der Waals surface area contributed by atoms with E-state index < -0.39 is 5.91 Å². The maximum Gasteiger partial charge on any atom is 0.251 e.